The first-order valence-electron chi connectivity index (χ1n) is 4.81. The van der Waals surface area contributed by atoms with Gasteiger partial charge in [-0.3, -0.25) is 0 Å². The molecule has 8 heteroatoms. The number of hydrogen-bond acceptors (Lipinski definition) is 8. The van der Waals surface area contributed by atoms with Crippen molar-refractivity contribution in [2.75, 3.05) is 48.4 Å². The molecule has 0 radical (unpaired) electrons. The van der Waals surface area contributed by atoms with E-state index in [1.165, 1.54) is 0 Å². The predicted octanol–water partition coefficient (Wildman–Crippen LogP) is -1.55. The lowest BCUT2D eigenvalue weighted by Crippen LogP contribution is -2.15. The molecule has 0 aliphatic heterocycles. The van der Waals surface area contributed by atoms with E-state index in [2.05, 4.69) is 20.8 Å². The number of nitrogens with one attached hydrogen (secondary N) is 2. The molecule has 0 saturated heterocycles. The zero-order valence-corrected chi connectivity index (χ0v) is 8.77. The highest BCUT2D eigenvalue weighted by molar-refractivity contribution is 5.82. The van der Waals surface area contributed by atoms with Crippen molar-refractivity contribution in [3.8, 4) is 0 Å². The van der Waals surface area contributed by atoms with Gasteiger partial charge in [-0.2, -0.15) is 0 Å². The van der Waals surface area contributed by atoms with Crippen LogP contribution < -0.4 is 22.1 Å². The summed E-state index contributed by atoms with van der Waals surface area (Å²) in [6.45, 7) is 0.570. The number of nitrogen functional groups attached to an aromatic ring is 2. The number of nitrogens with zero attached hydrogens (tertiary/aromatic N) is 2. The Kier molecular flexibility index (Phi) is 4.55. The van der Waals surface area contributed by atoms with Crippen molar-refractivity contribution in [2.24, 2.45) is 0 Å². The maximum absolute atomic E-state index is 8.64. The van der Waals surface area contributed by atoms with Gasteiger partial charge in [0.15, 0.2) is 11.6 Å². The Morgan fingerprint density at radius 2 is 1.25 bits per heavy atom. The molecule has 8 nitrogen and oxygen atoms in total. The van der Waals surface area contributed by atoms with Gasteiger partial charge in [0.25, 0.3) is 0 Å². The van der Waals surface area contributed by atoms with Gasteiger partial charge in [0.1, 0.15) is 11.4 Å². The molecule has 0 aliphatic carbocycles. The Hall–Kier alpha value is -1.80. The van der Waals surface area contributed by atoms with E-state index in [1.54, 1.807) is 0 Å². The summed E-state index contributed by atoms with van der Waals surface area (Å²) in [5.74, 6) is 0.669. The number of aliphatic hydroxyl groups excluding tert-OH is 2. The molecule has 1 aromatic rings. The van der Waals surface area contributed by atoms with Gasteiger partial charge in [0.2, 0.25) is 0 Å². The zero-order chi connectivity index (χ0) is 12.0. The molecule has 1 rings (SSSR count). The second-order valence-corrected chi connectivity index (χ2v) is 3.03. The lowest BCUT2D eigenvalue weighted by molar-refractivity contribution is 0.310. The van der Waals surface area contributed by atoms with Gasteiger partial charge in [0.05, 0.1) is 13.2 Å². The summed E-state index contributed by atoms with van der Waals surface area (Å²) in [6.07, 6.45) is 0. The van der Waals surface area contributed by atoms with Crippen LogP contribution in [0, 0.1) is 0 Å². The maximum atomic E-state index is 8.64. The van der Waals surface area contributed by atoms with Gasteiger partial charge in [-0.25, -0.2) is 0 Å². The standard InChI is InChI=1S/C8H16N6O2/c9-5-6(10)8(12-2-4-16)14-13-7(5)11-1-3-15/h15-16H,1-4H2,(H3,10,11,13)(H3,9,12,14). The molecule has 0 fully saturated rings. The third-order valence-electron chi connectivity index (χ3n) is 1.86. The second kappa shape index (κ2) is 5.93. The average Bonchev–Trinajstić information content (AvgIpc) is 2.30. The molecule has 0 aliphatic rings. The molecule has 0 spiro atoms. The summed E-state index contributed by atoms with van der Waals surface area (Å²) in [5.41, 5.74) is 12.0. The SMILES string of the molecule is Nc1c(NCCO)nnc(NCCO)c1N. The van der Waals surface area contributed by atoms with Crippen LogP contribution in [0.5, 0.6) is 0 Å². The van der Waals surface area contributed by atoms with Crippen molar-refractivity contribution < 1.29 is 10.2 Å². The molecule has 0 aromatic carbocycles. The molecular formula is C8H16N6O2. The molecule has 16 heavy (non-hydrogen) atoms. The van der Waals surface area contributed by atoms with Gasteiger partial charge >= 0.3 is 0 Å². The minimum absolute atomic E-state index is 0.0362. The molecule has 1 heterocycles. The molecular weight excluding hydrogens is 212 g/mol. The number of aromatic nitrogens is 2. The minimum Gasteiger partial charge on any atom is -0.395 e. The van der Waals surface area contributed by atoms with Crippen molar-refractivity contribution in [1.29, 1.82) is 0 Å². The average molecular weight is 228 g/mol. The molecule has 0 bridgehead atoms. The first kappa shape index (κ1) is 12.3. The van der Waals surface area contributed by atoms with Crippen molar-refractivity contribution in [1.82, 2.24) is 10.2 Å². The maximum Gasteiger partial charge on any atom is 0.174 e. The Labute approximate surface area is 92.7 Å². The first-order valence-corrected chi connectivity index (χ1v) is 4.81. The summed E-state index contributed by atoms with van der Waals surface area (Å²) in [5, 5.41) is 30.4. The third kappa shape index (κ3) is 2.84. The number of hydrogen-bond donors (Lipinski definition) is 6. The Morgan fingerprint density at radius 1 is 0.875 bits per heavy atom. The van der Waals surface area contributed by atoms with E-state index in [0.717, 1.165) is 0 Å². The van der Waals surface area contributed by atoms with E-state index >= 15 is 0 Å². The highest BCUT2D eigenvalue weighted by Gasteiger charge is 2.10. The normalized spacial score (nSPS) is 10.1. The first-order chi connectivity index (χ1) is 7.70. The lowest BCUT2D eigenvalue weighted by Gasteiger charge is -2.12. The van der Waals surface area contributed by atoms with Crippen LogP contribution in [0.3, 0.4) is 0 Å². The highest BCUT2D eigenvalue weighted by atomic mass is 16.3. The van der Waals surface area contributed by atoms with Gasteiger partial charge in [0, 0.05) is 13.1 Å². The molecule has 0 atom stereocenters. The van der Waals surface area contributed by atoms with Crippen molar-refractivity contribution in [2.45, 2.75) is 0 Å². The van der Waals surface area contributed by atoms with Crippen LogP contribution in [0.1, 0.15) is 0 Å². The van der Waals surface area contributed by atoms with Gasteiger partial charge in [-0.1, -0.05) is 0 Å². The van der Waals surface area contributed by atoms with Crippen LogP contribution >= 0.6 is 0 Å². The quantitative estimate of drug-likeness (QED) is 0.343. The Bertz CT molecular complexity index is 313. The summed E-state index contributed by atoms with van der Waals surface area (Å²) >= 11 is 0. The van der Waals surface area contributed by atoms with Crippen LogP contribution in [-0.4, -0.2) is 46.7 Å². The fourth-order valence-electron chi connectivity index (χ4n) is 1.07. The highest BCUT2D eigenvalue weighted by Crippen LogP contribution is 2.27. The number of rotatable bonds is 6. The zero-order valence-electron chi connectivity index (χ0n) is 8.77. The molecule has 90 valence electrons. The summed E-state index contributed by atoms with van der Waals surface area (Å²) in [4.78, 5) is 0. The van der Waals surface area contributed by atoms with E-state index in [1.807, 2.05) is 0 Å². The smallest absolute Gasteiger partial charge is 0.174 e. The fraction of sp³-hybridized carbons (Fsp3) is 0.500. The molecule has 0 amide bonds. The van der Waals surface area contributed by atoms with E-state index in [0.29, 0.717) is 24.7 Å². The number of nitrogens with two attached hydrogens (primary N) is 2. The van der Waals surface area contributed by atoms with Crippen LogP contribution in [0.15, 0.2) is 0 Å². The second-order valence-electron chi connectivity index (χ2n) is 3.03. The van der Waals surface area contributed by atoms with E-state index < -0.39 is 0 Å². The minimum atomic E-state index is -0.0362. The number of anilines is 4. The van der Waals surface area contributed by atoms with Crippen LogP contribution in [0.2, 0.25) is 0 Å². The summed E-state index contributed by atoms with van der Waals surface area (Å²) in [7, 11) is 0. The molecule has 0 saturated carbocycles. The van der Waals surface area contributed by atoms with Crippen molar-refractivity contribution in [3.05, 3.63) is 0 Å². The molecule has 1 aromatic heterocycles. The van der Waals surface area contributed by atoms with Gasteiger partial charge in [-0.05, 0) is 0 Å². The topological polar surface area (TPSA) is 142 Å². The third-order valence-corrected chi connectivity index (χ3v) is 1.86. The Morgan fingerprint density at radius 3 is 1.56 bits per heavy atom. The van der Waals surface area contributed by atoms with E-state index in [9.17, 15) is 0 Å². The summed E-state index contributed by atoms with van der Waals surface area (Å²) < 4.78 is 0. The van der Waals surface area contributed by atoms with Gasteiger partial charge < -0.3 is 32.3 Å². The van der Waals surface area contributed by atoms with Crippen LogP contribution in [-0.2, 0) is 0 Å². The monoisotopic (exact) mass is 228 g/mol. The van der Waals surface area contributed by atoms with Crippen molar-refractivity contribution in [3.63, 3.8) is 0 Å². The largest absolute Gasteiger partial charge is 0.395 e. The van der Waals surface area contributed by atoms with E-state index in [-0.39, 0.29) is 24.6 Å². The molecule has 8 N–H and O–H groups in total. The predicted molar refractivity (Wildman–Crippen MR) is 62.0 cm³/mol. The van der Waals surface area contributed by atoms with Crippen LogP contribution in [0.4, 0.5) is 23.0 Å². The van der Waals surface area contributed by atoms with Crippen LogP contribution in [0.25, 0.3) is 0 Å². The van der Waals surface area contributed by atoms with Crippen molar-refractivity contribution >= 4 is 23.0 Å². The summed E-state index contributed by atoms with van der Waals surface area (Å²) in [6, 6.07) is 0. The van der Waals surface area contributed by atoms with Gasteiger partial charge in [-0.15, -0.1) is 10.2 Å². The van der Waals surface area contributed by atoms with E-state index in [4.69, 9.17) is 21.7 Å². The Balaban J connectivity index is 2.81. The molecule has 0 unspecified atom stereocenters. The lowest BCUT2D eigenvalue weighted by atomic mass is 10.3. The number of aliphatic hydroxyl groups is 2. The fourth-order valence-corrected chi connectivity index (χ4v) is 1.07.